The highest BCUT2D eigenvalue weighted by molar-refractivity contribution is 7.86. The molecule has 0 bridgehead atoms. The molecule has 7 atom stereocenters. The van der Waals surface area contributed by atoms with Gasteiger partial charge in [0.05, 0.1) is 17.6 Å². The van der Waals surface area contributed by atoms with Crippen molar-refractivity contribution < 1.29 is 17.3 Å². The molecule has 0 amide bonds. The van der Waals surface area contributed by atoms with Crippen molar-refractivity contribution in [3.05, 3.63) is 53.6 Å². The molecule has 4 aliphatic carbocycles. The zero-order valence-electron chi connectivity index (χ0n) is 21.9. The van der Waals surface area contributed by atoms with Gasteiger partial charge in [-0.3, -0.25) is 4.18 Å². The highest BCUT2D eigenvalue weighted by Gasteiger charge is 2.63. The minimum absolute atomic E-state index is 0.152. The smallest absolute Gasteiger partial charge is 0.296 e. The Morgan fingerprint density at radius 2 is 1.91 bits per heavy atom. The van der Waals surface area contributed by atoms with E-state index in [1.165, 1.54) is 37.7 Å². The van der Waals surface area contributed by atoms with E-state index in [2.05, 4.69) is 26.5 Å². The number of allylic oxidation sites excluding steroid dienone is 1. The Balaban J connectivity index is 1.29. The van der Waals surface area contributed by atoms with E-state index >= 15 is 0 Å². The fourth-order valence-corrected chi connectivity index (χ4v) is 9.19. The molecule has 5 heteroatoms. The first kappa shape index (κ1) is 25.2. The van der Waals surface area contributed by atoms with Gasteiger partial charge >= 0.3 is 0 Å². The standard InChI is InChI=1S/C30H42O4S/c1-20-8-12-25(13-9-20)35(31,32)34-19-21(2)26-14-15-27-23(7-6-16-29(26,27)4)17-28(33-5)30-18-24(30)11-10-22(30)3/h8-9,12-13,17,21,24,26-28H,3,6-7,10-11,14-16,18-19H2,1-2,4-5H3/b23-17+/t21-,24-,26-,27+,28-,29-,30+/m1/s1. The summed E-state index contributed by atoms with van der Waals surface area (Å²) >= 11 is 0. The van der Waals surface area contributed by atoms with Crippen molar-refractivity contribution in [1.82, 2.24) is 0 Å². The van der Waals surface area contributed by atoms with E-state index in [-0.39, 0.29) is 34.4 Å². The van der Waals surface area contributed by atoms with Crippen molar-refractivity contribution in [2.75, 3.05) is 13.7 Å². The van der Waals surface area contributed by atoms with Gasteiger partial charge in [-0.05, 0) is 99.5 Å². The monoisotopic (exact) mass is 498 g/mol. The average molecular weight is 499 g/mol. The van der Waals surface area contributed by atoms with Crippen LogP contribution in [0.15, 0.2) is 53.0 Å². The van der Waals surface area contributed by atoms with Crippen molar-refractivity contribution in [3.8, 4) is 0 Å². The fourth-order valence-electron chi connectivity index (χ4n) is 8.19. The topological polar surface area (TPSA) is 52.6 Å². The first-order valence-electron chi connectivity index (χ1n) is 13.5. The summed E-state index contributed by atoms with van der Waals surface area (Å²) in [6, 6.07) is 6.90. The predicted octanol–water partition coefficient (Wildman–Crippen LogP) is 6.85. The van der Waals surface area contributed by atoms with Crippen LogP contribution in [0.2, 0.25) is 0 Å². The van der Waals surface area contributed by atoms with Crippen LogP contribution < -0.4 is 0 Å². The zero-order valence-corrected chi connectivity index (χ0v) is 22.7. The number of hydrogen-bond donors (Lipinski definition) is 0. The second-order valence-corrected chi connectivity index (χ2v) is 13.7. The summed E-state index contributed by atoms with van der Waals surface area (Å²) < 4.78 is 37.2. The van der Waals surface area contributed by atoms with Gasteiger partial charge in [-0.2, -0.15) is 8.42 Å². The van der Waals surface area contributed by atoms with Gasteiger partial charge in [-0.25, -0.2) is 0 Å². The number of fused-ring (bicyclic) bond motifs is 2. The van der Waals surface area contributed by atoms with Crippen LogP contribution in [-0.2, 0) is 19.0 Å². The summed E-state index contributed by atoms with van der Waals surface area (Å²) in [6.07, 6.45) is 12.2. The lowest BCUT2D eigenvalue weighted by Gasteiger charge is -2.44. The molecule has 0 spiro atoms. The molecule has 0 radical (unpaired) electrons. The van der Waals surface area contributed by atoms with Crippen LogP contribution in [-0.4, -0.2) is 28.2 Å². The molecule has 4 aliphatic rings. The Kier molecular flexibility index (Phi) is 6.59. The third-order valence-electron chi connectivity index (χ3n) is 10.3. The van der Waals surface area contributed by atoms with Crippen LogP contribution in [0.1, 0.15) is 70.8 Å². The van der Waals surface area contributed by atoms with E-state index in [0.29, 0.717) is 11.8 Å². The molecule has 0 aliphatic heterocycles. The van der Waals surface area contributed by atoms with E-state index in [1.54, 1.807) is 17.7 Å². The molecule has 0 saturated heterocycles. The van der Waals surface area contributed by atoms with Gasteiger partial charge in [0.1, 0.15) is 0 Å². The predicted molar refractivity (Wildman–Crippen MR) is 139 cm³/mol. The molecular formula is C30H42O4S. The van der Waals surface area contributed by atoms with Crippen LogP contribution in [0, 0.1) is 41.4 Å². The molecule has 4 nitrogen and oxygen atoms in total. The van der Waals surface area contributed by atoms with Crippen LogP contribution >= 0.6 is 0 Å². The molecule has 4 saturated carbocycles. The SMILES string of the molecule is C=C1CC[C@@H]2C[C@]12[C@@H](/C=C1\CCC[C@]2(C)[C@@H]([C@H](C)COS(=O)(=O)c3ccc(C)cc3)CC[C@@H]12)OC. The van der Waals surface area contributed by atoms with Gasteiger partial charge in [0.25, 0.3) is 10.1 Å². The fraction of sp³-hybridized carbons (Fsp3) is 0.667. The van der Waals surface area contributed by atoms with E-state index in [0.717, 1.165) is 30.7 Å². The first-order chi connectivity index (χ1) is 16.6. The van der Waals surface area contributed by atoms with Crippen molar-refractivity contribution in [2.45, 2.75) is 83.1 Å². The quantitative estimate of drug-likeness (QED) is 0.290. The lowest BCUT2D eigenvalue weighted by atomic mass is 9.61. The number of benzene rings is 1. The Labute approximate surface area is 212 Å². The first-order valence-corrected chi connectivity index (χ1v) is 14.9. The highest BCUT2D eigenvalue weighted by Crippen LogP contribution is 2.69. The summed E-state index contributed by atoms with van der Waals surface area (Å²) in [5.74, 6) is 1.96. The van der Waals surface area contributed by atoms with E-state index in [9.17, 15) is 8.42 Å². The zero-order chi connectivity index (χ0) is 25.0. The minimum atomic E-state index is -3.73. The summed E-state index contributed by atoms with van der Waals surface area (Å²) in [4.78, 5) is 0.241. The largest absolute Gasteiger partial charge is 0.376 e. The molecule has 0 N–H and O–H groups in total. The van der Waals surface area contributed by atoms with Crippen molar-refractivity contribution in [1.29, 1.82) is 0 Å². The van der Waals surface area contributed by atoms with E-state index < -0.39 is 10.1 Å². The Morgan fingerprint density at radius 3 is 2.54 bits per heavy atom. The maximum Gasteiger partial charge on any atom is 0.296 e. The molecular weight excluding hydrogens is 456 g/mol. The van der Waals surface area contributed by atoms with Gasteiger partial charge in [-0.15, -0.1) is 0 Å². The average Bonchev–Trinajstić information content (AvgIpc) is 3.33. The Bertz CT molecular complexity index is 1100. The lowest BCUT2D eigenvalue weighted by molar-refractivity contribution is 0.0691. The molecule has 0 heterocycles. The molecule has 1 aromatic rings. The number of ether oxygens (including phenoxy) is 1. The van der Waals surface area contributed by atoms with Gasteiger partial charge in [-0.1, -0.05) is 55.3 Å². The van der Waals surface area contributed by atoms with Crippen LogP contribution in [0.4, 0.5) is 0 Å². The van der Waals surface area contributed by atoms with Gasteiger partial charge in [0, 0.05) is 12.5 Å². The van der Waals surface area contributed by atoms with Gasteiger partial charge in [0.15, 0.2) is 0 Å². The molecule has 5 rings (SSSR count). The third kappa shape index (κ3) is 4.26. The second kappa shape index (κ2) is 9.15. The van der Waals surface area contributed by atoms with Crippen molar-refractivity contribution >= 4 is 10.1 Å². The molecule has 1 aromatic carbocycles. The van der Waals surface area contributed by atoms with Gasteiger partial charge < -0.3 is 4.74 Å². The number of aryl methyl sites for hydroxylation is 1. The van der Waals surface area contributed by atoms with Crippen LogP contribution in [0.3, 0.4) is 0 Å². The third-order valence-corrected chi connectivity index (χ3v) is 11.5. The number of rotatable bonds is 8. The van der Waals surface area contributed by atoms with E-state index in [1.807, 2.05) is 26.2 Å². The summed E-state index contributed by atoms with van der Waals surface area (Å²) in [6.45, 7) is 11.2. The number of methoxy groups -OCH3 is 1. The summed E-state index contributed by atoms with van der Waals surface area (Å²) in [5, 5.41) is 0. The normalized spacial score (nSPS) is 37.2. The van der Waals surface area contributed by atoms with Gasteiger partial charge in [0.2, 0.25) is 0 Å². The number of hydrogen-bond acceptors (Lipinski definition) is 4. The maximum absolute atomic E-state index is 12.8. The summed E-state index contributed by atoms with van der Waals surface area (Å²) in [5.41, 5.74) is 4.39. The summed E-state index contributed by atoms with van der Waals surface area (Å²) in [7, 11) is -1.87. The van der Waals surface area contributed by atoms with Crippen LogP contribution in [0.25, 0.3) is 0 Å². The Morgan fingerprint density at radius 1 is 1.17 bits per heavy atom. The molecule has 35 heavy (non-hydrogen) atoms. The lowest BCUT2D eigenvalue weighted by Crippen LogP contribution is -2.38. The molecule has 0 unspecified atom stereocenters. The van der Waals surface area contributed by atoms with Crippen molar-refractivity contribution in [3.63, 3.8) is 0 Å². The molecule has 0 aromatic heterocycles. The minimum Gasteiger partial charge on any atom is -0.376 e. The van der Waals surface area contributed by atoms with E-state index in [4.69, 9.17) is 8.92 Å². The molecule has 192 valence electrons. The highest BCUT2D eigenvalue weighted by atomic mass is 32.2. The maximum atomic E-state index is 12.8. The second-order valence-electron chi connectivity index (χ2n) is 12.1. The molecule has 4 fully saturated rings. The Hall–Kier alpha value is -1.43. The van der Waals surface area contributed by atoms with Crippen molar-refractivity contribution in [2.24, 2.45) is 34.5 Å². The van der Waals surface area contributed by atoms with Crippen LogP contribution in [0.5, 0.6) is 0 Å².